The van der Waals surface area contributed by atoms with Crippen molar-refractivity contribution in [1.82, 2.24) is 4.98 Å². The summed E-state index contributed by atoms with van der Waals surface area (Å²) in [6, 6.07) is 5.22. The Bertz CT molecular complexity index is 511. The van der Waals surface area contributed by atoms with Gasteiger partial charge in [-0.3, -0.25) is 0 Å². The van der Waals surface area contributed by atoms with E-state index in [9.17, 15) is 5.11 Å². The van der Waals surface area contributed by atoms with E-state index in [2.05, 4.69) is 4.98 Å². The van der Waals surface area contributed by atoms with Crippen LogP contribution in [0.2, 0.25) is 0 Å². The molecule has 1 aromatic heterocycles. The van der Waals surface area contributed by atoms with Crippen LogP contribution in [-0.2, 0) is 6.54 Å². The lowest BCUT2D eigenvalue weighted by molar-refractivity contribution is 0.318. The number of thiazole rings is 1. The van der Waals surface area contributed by atoms with Gasteiger partial charge in [-0.15, -0.1) is 11.3 Å². The van der Waals surface area contributed by atoms with E-state index in [1.807, 2.05) is 13.0 Å². The number of aromatic hydroxyl groups is 1. The van der Waals surface area contributed by atoms with E-state index in [0.717, 1.165) is 15.4 Å². The number of nitrogens with zero attached hydrogens (tertiary/aromatic N) is 1. The highest BCUT2D eigenvalue weighted by atomic mass is 32.1. The Kier molecular flexibility index (Phi) is 3.61. The highest BCUT2D eigenvalue weighted by Gasteiger charge is 2.08. The summed E-state index contributed by atoms with van der Waals surface area (Å²) in [5, 5.41) is 10.5. The molecule has 0 atom stereocenters. The van der Waals surface area contributed by atoms with Gasteiger partial charge in [-0.2, -0.15) is 0 Å². The second-order valence-corrected chi connectivity index (χ2v) is 4.57. The van der Waals surface area contributed by atoms with Crippen LogP contribution in [-0.4, -0.2) is 16.7 Å². The lowest BCUT2D eigenvalue weighted by atomic mass is 10.2. The Morgan fingerprint density at radius 1 is 1.47 bits per heavy atom. The maximum Gasteiger partial charge on any atom is 0.161 e. The average molecular weight is 250 g/mol. The van der Waals surface area contributed by atoms with E-state index < -0.39 is 0 Å². The van der Waals surface area contributed by atoms with Gasteiger partial charge in [-0.1, -0.05) is 0 Å². The minimum atomic E-state index is 0.145. The van der Waals surface area contributed by atoms with Crippen molar-refractivity contribution in [2.45, 2.75) is 13.5 Å². The summed E-state index contributed by atoms with van der Waals surface area (Å²) in [6.45, 7) is 2.89. The van der Waals surface area contributed by atoms with Gasteiger partial charge in [-0.25, -0.2) is 4.98 Å². The second kappa shape index (κ2) is 5.16. The first kappa shape index (κ1) is 11.9. The average Bonchev–Trinajstić information content (AvgIpc) is 2.81. The Hall–Kier alpha value is -1.59. The van der Waals surface area contributed by atoms with Crippen LogP contribution in [0, 0.1) is 0 Å². The SMILES string of the molecule is CCOc1cc(-c2ncc(CN)s2)ccc1O. The molecule has 0 bridgehead atoms. The molecule has 2 rings (SSSR count). The monoisotopic (exact) mass is 250 g/mol. The van der Waals surface area contributed by atoms with Crippen LogP contribution in [0.25, 0.3) is 10.6 Å². The van der Waals surface area contributed by atoms with E-state index >= 15 is 0 Å². The maximum absolute atomic E-state index is 9.60. The molecular formula is C12H14N2O2S. The molecule has 17 heavy (non-hydrogen) atoms. The van der Waals surface area contributed by atoms with Crippen LogP contribution in [0.1, 0.15) is 11.8 Å². The molecule has 0 aliphatic heterocycles. The molecule has 3 N–H and O–H groups in total. The van der Waals surface area contributed by atoms with Crippen molar-refractivity contribution in [3.05, 3.63) is 29.3 Å². The fraction of sp³-hybridized carbons (Fsp3) is 0.250. The van der Waals surface area contributed by atoms with Crippen molar-refractivity contribution < 1.29 is 9.84 Å². The van der Waals surface area contributed by atoms with Gasteiger partial charge in [0.15, 0.2) is 11.5 Å². The molecule has 0 saturated heterocycles. The summed E-state index contributed by atoms with van der Waals surface area (Å²) in [5.41, 5.74) is 6.48. The minimum absolute atomic E-state index is 0.145. The van der Waals surface area contributed by atoms with Gasteiger partial charge >= 0.3 is 0 Å². The molecule has 0 radical (unpaired) electrons. The zero-order valence-electron chi connectivity index (χ0n) is 9.51. The third-order valence-electron chi connectivity index (χ3n) is 2.26. The first-order valence-electron chi connectivity index (χ1n) is 5.35. The van der Waals surface area contributed by atoms with Crippen molar-refractivity contribution in [3.8, 4) is 22.1 Å². The van der Waals surface area contributed by atoms with Crippen molar-refractivity contribution in [3.63, 3.8) is 0 Å². The summed E-state index contributed by atoms with van der Waals surface area (Å²) in [6.07, 6.45) is 1.77. The smallest absolute Gasteiger partial charge is 0.161 e. The number of rotatable bonds is 4. The highest BCUT2D eigenvalue weighted by Crippen LogP contribution is 2.33. The van der Waals surface area contributed by atoms with Gasteiger partial charge in [0.05, 0.1) is 6.61 Å². The Labute approximate surface area is 104 Å². The van der Waals surface area contributed by atoms with E-state index in [-0.39, 0.29) is 5.75 Å². The van der Waals surface area contributed by atoms with Crippen molar-refractivity contribution in [2.24, 2.45) is 5.73 Å². The summed E-state index contributed by atoms with van der Waals surface area (Å²) in [7, 11) is 0. The minimum Gasteiger partial charge on any atom is -0.504 e. The molecule has 4 nitrogen and oxygen atoms in total. The molecule has 0 spiro atoms. The normalized spacial score (nSPS) is 10.5. The van der Waals surface area contributed by atoms with E-state index in [1.54, 1.807) is 29.7 Å². The second-order valence-electron chi connectivity index (χ2n) is 3.45. The van der Waals surface area contributed by atoms with Crippen LogP contribution in [0.3, 0.4) is 0 Å². The molecule has 0 aliphatic rings. The molecule has 0 saturated carbocycles. The van der Waals surface area contributed by atoms with Crippen LogP contribution in [0.15, 0.2) is 24.4 Å². The number of nitrogens with two attached hydrogens (primary N) is 1. The molecule has 2 aromatic rings. The molecule has 5 heteroatoms. The zero-order chi connectivity index (χ0) is 12.3. The van der Waals surface area contributed by atoms with Gasteiger partial charge in [0, 0.05) is 23.2 Å². The Morgan fingerprint density at radius 2 is 2.29 bits per heavy atom. The molecule has 1 heterocycles. The van der Waals surface area contributed by atoms with Crippen molar-refractivity contribution in [1.29, 1.82) is 0 Å². The lowest BCUT2D eigenvalue weighted by Crippen LogP contribution is -1.92. The third kappa shape index (κ3) is 2.57. The molecule has 0 unspecified atom stereocenters. The predicted octanol–water partition coefficient (Wildman–Crippen LogP) is 2.37. The molecule has 0 fully saturated rings. The number of phenols is 1. The molecule has 90 valence electrons. The van der Waals surface area contributed by atoms with Gasteiger partial charge < -0.3 is 15.6 Å². The van der Waals surface area contributed by atoms with Crippen LogP contribution in [0.4, 0.5) is 0 Å². The first-order chi connectivity index (χ1) is 8.24. The quantitative estimate of drug-likeness (QED) is 0.874. The first-order valence-corrected chi connectivity index (χ1v) is 6.17. The highest BCUT2D eigenvalue weighted by molar-refractivity contribution is 7.15. The van der Waals surface area contributed by atoms with Crippen LogP contribution >= 0.6 is 11.3 Å². The van der Waals surface area contributed by atoms with Gasteiger partial charge in [0.1, 0.15) is 5.01 Å². The Balaban J connectivity index is 2.35. The number of phenolic OH excluding ortho intramolecular Hbond substituents is 1. The summed E-state index contributed by atoms with van der Waals surface area (Å²) < 4.78 is 5.33. The molecule has 0 amide bonds. The van der Waals surface area contributed by atoms with Gasteiger partial charge in [0.2, 0.25) is 0 Å². The molecule has 0 aliphatic carbocycles. The number of aromatic nitrogens is 1. The fourth-order valence-corrected chi connectivity index (χ4v) is 2.24. The van der Waals surface area contributed by atoms with E-state index in [4.69, 9.17) is 10.5 Å². The molecule has 1 aromatic carbocycles. The van der Waals surface area contributed by atoms with E-state index in [1.165, 1.54) is 0 Å². The number of benzene rings is 1. The largest absolute Gasteiger partial charge is 0.504 e. The lowest BCUT2D eigenvalue weighted by Gasteiger charge is -2.06. The summed E-state index contributed by atoms with van der Waals surface area (Å²) in [5.74, 6) is 0.626. The number of hydrogen-bond acceptors (Lipinski definition) is 5. The predicted molar refractivity (Wildman–Crippen MR) is 68.3 cm³/mol. The fourth-order valence-electron chi connectivity index (χ4n) is 1.45. The number of hydrogen-bond donors (Lipinski definition) is 2. The molecular weight excluding hydrogens is 236 g/mol. The summed E-state index contributed by atoms with van der Waals surface area (Å²) >= 11 is 1.55. The zero-order valence-corrected chi connectivity index (χ0v) is 10.3. The maximum atomic E-state index is 9.60. The van der Waals surface area contributed by atoms with Crippen LogP contribution in [0.5, 0.6) is 11.5 Å². The van der Waals surface area contributed by atoms with Crippen molar-refractivity contribution in [2.75, 3.05) is 6.61 Å². The number of ether oxygens (including phenoxy) is 1. The van der Waals surface area contributed by atoms with Crippen molar-refractivity contribution >= 4 is 11.3 Å². The standard InChI is InChI=1S/C12H14N2O2S/c1-2-16-11-5-8(3-4-10(11)15)12-14-7-9(6-13)17-12/h3-5,7,15H,2,6,13H2,1H3. The van der Waals surface area contributed by atoms with Gasteiger partial charge in [-0.05, 0) is 25.1 Å². The van der Waals surface area contributed by atoms with E-state index in [0.29, 0.717) is 18.9 Å². The Morgan fingerprint density at radius 3 is 2.94 bits per heavy atom. The van der Waals surface area contributed by atoms with Gasteiger partial charge in [0.25, 0.3) is 0 Å². The van der Waals surface area contributed by atoms with Crippen LogP contribution < -0.4 is 10.5 Å². The topological polar surface area (TPSA) is 68.4 Å². The summed E-state index contributed by atoms with van der Waals surface area (Å²) in [4.78, 5) is 5.32. The third-order valence-corrected chi connectivity index (χ3v) is 3.33.